The third kappa shape index (κ3) is 4.41. The van der Waals surface area contributed by atoms with Gasteiger partial charge in [0.05, 0.1) is 17.9 Å². The number of carbonyl (C=O) groups is 1. The Kier molecular flexibility index (Phi) is 6.63. The van der Waals surface area contributed by atoms with Crippen LogP contribution in [0.3, 0.4) is 0 Å². The standard InChI is InChI=1S/C25H30N6O2/c1-5-30(6-2)19-14-12-18(13-15-19)23-22(17(4)28-25-26-16-27-31(23)25)24(32)29-20-10-8-9-11-21(20)33-7-3/h8-16,23H,5-7H2,1-4H3,(H,29,32)(H,26,27,28)/t23-/m0/s1. The van der Waals surface area contributed by atoms with Crippen LogP contribution in [-0.2, 0) is 4.79 Å². The molecule has 172 valence electrons. The van der Waals surface area contributed by atoms with Gasteiger partial charge in [0.25, 0.3) is 5.91 Å². The van der Waals surface area contributed by atoms with Crippen LogP contribution in [0.4, 0.5) is 17.3 Å². The highest BCUT2D eigenvalue weighted by Gasteiger charge is 2.33. The molecule has 1 aromatic heterocycles. The highest BCUT2D eigenvalue weighted by molar-refractivity contribution is 6.06. The Balaban J connectivity index is 1.71. The number of benzene rings is 2. The first-order valence-electron chi connectivity index (χ1n) is 11.3. The molecule has 1 aliphatic heterocycles. The highest BCUT2D eigenvalue weighted by Crippen LogP contribution is 2.36. The van der Waals surface area contributed by atoms with Crippen LogP contribution >= 0.6 is 0 Å². The van der Waals surface area contributed by atoms with Gasteiger partial charge in [0, 0.05) is 24.5 Å². The van der Waals surface area contributed by atoms with E-state index in [0.717, 1.165) is 30.0 Å². The molecular weight excluding hydrogens is 416 g/mol. The fourth-order valence-electron chi connectivity index (χ4n) is 4.19. The molecule has 0 radical (unpaired) electrons. The predicted molar refractivity (Wildman–Crippen MR) is 131 cm³/mol. The lowest BCUT2D eigenvalue weighted by Gasteiger charge is -2.29. The predicted octanol–water partition coefficient (Wildman–Crippen LogP) is 4.45. The molecule has 2 N–H and O–H groups in total. The van der Waals surface area contributed by atoms with Gasteiger partial charge in [-0.15, -0.1) is 0 Å². The summed E-state index contributed by atoms with van der Waals surface area (Å²) in [5.41, 5.74) is 4.05. The zero-order valence-corrected chi connectivity index (χ0v) is 19.5. The Labute approximate surface area is 194 Å². The summed E-state index contributed by atoms with van der Waals surface area (Å²) in [5.74, 6) is 1.03. The Hall–Kier alpha value is -3.81. The molecule has 1 aliphatic rings. The lowest BCUT2D eigenvalue weighted by atomic mass is 9.94. The molecule has 2 heterocycles. The van der Waals surface area contributed by atoms with Gasteiger partial charge in [0.1, 0.15) is 18.1 Å². The number of nitrogens with one attached hydrogen (secondary N) is 2. The molecular formula is C25H30N6O2. The highest BCUT2D eigenvalue weighted by atomic mass is 16.5. The van der Waals surface area contributed by atoms with Gasteiger partial charge in [0.15, 0.2) is 0 Å². The van der Waals surface area contributed by atoms with Crippen molar-refractivity contribution in [2.45, 2.75) is 33.7 Å². The van der Waals surface area contributed by atoms with Crippen molar-refractivity contribution in [3.05, 3.63) is 71.7 Å². The second kappa shape index (κ2) is 9.77. The summed E-state index contributed by atoms with van der Waals surface area (Å²) in [4.78, 5) is 20.2. The van der Waals surface area contributed by atoms with E-state index in [1.807, 2.05) is 38.1 Å². The number of hydrogen-bond acceptors (Lipinski definition) is 6. The van der Waals surface area contributed by atoms with Crippen LogP contribution in [0.15, 0.2) is 66.1 Å². The summed E-state index contributed by atoms with van der Waals surface area (Å²) >= 11 is 0. The van der Waals surface area contributed by atoms with Crippen LogP contribution in [-0.4, -0.2) is 40.4 Å². The minimum absolute atomic E-state index is 0.217. The fourth-order valence-corrected chi connectivity index (χ4v) is 4.19. The summed E-state index contributed by atoms with van der Waals surface area (Å²) in [6.45, 7) is 10.5. The molecule has 4 rings (SSSR count). The molecule has 3 aromatic rings. The summed E-state index contributed by atoms with van der Waals surface area (Å²) in [5, 5.41) is 10.7. The van der Waals surface area contributed by atoms with E-state index in [1.54, 1.807) is 4.68 Å². The average molecular weight is 447 g/mol. The summed E-state index contributed by atoms with van der Waals surface area (Å²) in [6, 6.07) is 15.3. The minimum atomic E-state index is -0.409. The maximum Gasteiger partial charge on any atom is 0.255 e. The van der Waals surface area contributed by atoms with Gasteiger partial charge in [-0.05, 0) is 57.5 Å². The number of para-hydroxylation sites is 2. The SMILES string of the molecule is CCOc1ccccc1NC(=O)C1=C(C)Nc2ncnn2[C@H]1c1ccc(N(CC)CC)cc1. The van der Waals surface area contributed by atoms with Crippen LogP contribution in [0.25, 0.3) is 0 Å². The molecule has 0 unspecified atom stereocenters. The van der Waals surface area contributed by atoms with Crippen molar-refractivity contribution in [3.63, 3.8) is 0 Å². The van der Waals surface area contributed by atoms with E-state index < -0.39 is 6.04 Å². The third-order valence-electron chi connectivity index (χ3n) is 5.81. The number of amides is 1. The van der Waals surface area contributed by atoms with E-state index in [-0.39, 0.29) is 5.91 Å². The van der Waals surface area contributed by atoms with Gasteiger partial charge in [-0.1, -0.05) is 24.3 Å². The van der Waals surface area contributed by atoms with Crippen LogP contribution in [0.5, 0.6) is 5.75 Å². The van der Waals surface area contributed by atoms with Crippen molar-refractivity contribution < 1.29 is 9.53 Å². The summed E-state index contributed by atoms with van der Waals surface area (Å²) < 4.78 is 7.44. The van der Waals surface area contributed by atoms with Crippen molar-refractivity contribution in [2.75, 3.05) is 35.2 Å². The van der Waals surface area contributed by atoms with E-state index in [2.05, 4.69) is 63.7 Å². The van der Waals surface area contributed by atoms with E-state index in [0.29, 0.717) is 29.6 Å². The van der Waals surface area contributed by atoms with Crippen molar-refractivity contribution in [3.8, 4) is 5.75 Å². The van der Waals surface area contributed by atoms with E-state index in [4.69, 9.17) is 4.74 Å². The van der Waals surface area contributed by atoms with Gasteiger partial charge in [-0.25, -0.2) is 4.68 Å². The maximum atomic E-state index is 13.6. The van der Waals surface area contributed by atoms with Crippen LogP contribution in [0, 0.1) is 0 Å². The monoisotopic (exact) mass is 446 g/mol. The molecule has 0 saturated heterocycles. The number of carbonyl (C=O) groups excluding carboxylic acids is 1. The molecule has 8 heteroatoms. The summed E-state index contributed by atoms with van der Waals surface area (Å²) in [7, 11) is 0. The number of ether oxygens (including phenoxy) is 1. The molecule has 1 amide bonds. The van der Waals surface area contributed by atoms with Crippen LogP contribution in [0.1, 0.15) is 39.3 Å². The largest absolute Gasteiger partial charge is 0.492 e. The van der Waals surface area contributed by atoms with E-state index in [1.165, 1.54) is 6.33 Å². The Morgan fingerprint density at radius 1 is 1.12 bits per heavy atom. The van der Waals surface area contributed by atoms with Crippen LogP contribution in [0.2, 0.25) is 0 Å². The molecule has 0 bridgehead atoms. The number of nitrogens with zero attached hydrogens (tertiary/aromatic N) is 4. The molecule has 0 saturated carbocycles. The molecule has 0 fully saturated rings. The van der Waals surface area contributed by atoms with Gasteiger partial charge in [0.2, 0.25) is 5.95 Å². The number of hydrogen-bond donors (Lipinski definition) is 2. The first kappa shape index (κ1) is 22.4. The topological polar surface area (TPSA) is 84.3 Å². The second-order valence-electron chi connectivity index (χ2n) is 7.74. The van der Waals surface area contributed by atoms with Gasteiger partial charge < -0.3 is 20.3 Å². The second-order valence-corrected chi connectivity index (χ2v) is 7.74. The molecule has 33 heavy (non-hydrogen) atoms. The normalized spacial score (nSPS) is 15.0. The zero-order valence-electron chi connectivity index (χ0n) is 19.5. The Morgan fingerprint density at radius 3 is 2.55 bits per heavy atom. The smallest absolute Gasteiger partial charge is 0.255 e. The van der Waals surface area contributed by atoms with Crippen molar-refractivity contribution in [1.29, 1.82) is 0 Å². The Bertz CT molecular complexity index is 1150. The summed E-state index contributed by atoms with van der Waals surface area (Å²) in [6.07, 6.45) is 1.50. The first-order chi connectivity index (χ1) is 16.1. The molecule has 0 spiro atoms. The number of aromatic nitrogens is 3. The molecule has 2 aromatic carbocycles. The van der Waals surface area contributed by atoms with Gasteiger partial charge in [-0.3, -0.25) is 4.79 Å². The third-order valence-corrected chi connectivity index (χ3v) is 5.81. The lowest BCUT2D eigenvalue weighted by Crippen LogP contribution is -2.31. The number of fused-ring (bicyclic) bond motifs is 1. The Morgan fingerprint density at radius 2 is 1.85 bits per heavy atom. The molecule has 8 nitrogen and oxygen atoms in total. The van der Waals surface area contributed by atoms with E-state index in [9.17, 15) is 4.79 Å². The first-order valence-corrected chi connectivity index (χ1v) is 11.3. The van der Waals surface area contributed by atoms with Crippen molar-refractivity contribution in [2.24, 2.45) is 0 Å². The molecule has 1 atom stereocenters. The van der Waals surface area contributed by atoms with Gasteiger partial charge >= 0.3 is 0 Å². The number of rotatable bonds is 8. The lowest BCUT2D eigenvalue weighted by molar-refractivity contribution is -0.113. The number of allylic oxidation sites excluding steroid dienone is 1. The van der Waals surface area contributed by atoms with Crippen molar-refractivity contribution >= 4 is 23.2 Å². The minimum Gasteiger partial charge on any atom is -0.492 e. The average Bonchev–Trinajstić information content (AvgIpc) is 3.29. The maximum absolute atomic E-state index is 13.6. The molecule has 0 aliphatic carbocycles. The zero-order chi connectivity index (χ0) is 23.4. The van der Waals surface area contributed by atoms with Crippen molar-refractivity contribution in [1.82, 2.24) is 14.8 Å². The number of anilines is 3. The van der Waals surface area contributed by atoms with Gasteiger partial charge in [-0.2, -0.15) is 10.1 Å². The van der Waals surface area contributed by atoms with Crippen LogP contribution < -0.4 is 20.3 Å². The van der Waals surface area contributed by atoms with E-state index >= 15 is 0 Å². The quantitative estimate of drug-likeness (QED) is 0.532. The fraction of sp³-hybridized carbons (Fsp3) is 0.320.